The molecule has 0 amide bonds. The molecule has 0 unspecified atom stereocenters. The normalized spacial score (nSPS) is 11.6. The van der Waals surface area contributed by atoms with Crippen molar-refractivity contribution in [1.82, 2.24) is 0 Å². The average Bonchev–Trinajstić information content (AvgIpc) is 3.66. The van der Waals surface area contributed by atoms with Gasteiger partial charge in [0.15, 0.2) is 0 Å². The Labute approximate surface area is 325 Å². The third-order valence-electron chi connectivity index (χ3n) is 11.3. The Bertz CT molecular complexity index is 3260. The van der Waals surface area contributed by atoms with E-state index in [-0.39, 0.29) is 0 Å². The van der Waals surface area contributed by atoms with Gasteiger partial charge < -0.3 is 9.32 Å². The first-order valence-corrected chi connectivity index (χ1v) is 19.2. The van der Waals surface area contributed by atoms with Crippen molar-refractivity contribution in [2.75, 3.05) is 4.90 Å². The summed E-state index contributed by atoms with van der Waals surface area (Å²) in [6.07, 6.45) is 0. The molecule has 1 aromatic heterocycles. The van der Waals surface area contributed by atoms with Crippen LogP contribution in [0.25, 0.3) is 87.6 Å². The van der Waals surface area contributed by atoms with Gasteiger partial charge in [-0.1, -0.05) is 182 Å². The van der Waals surface area contributed by atoms with Crippen LogP contribution >= 0.6 is 0 Å². The van der Waals surface area contributed by atoms with Crippen molar-refractivity contribution in [3.8, 4) is 33.4 Å². The van der Waals surface area contributed by atoms with Crippen LogP contribution in [0.5, 0.6) is 0 Å². The first-order valence-electron chi connectivity index (χ1n) is 19.2. The molecule has 0 spiro atoms. The molecule has 11 rings (SSSR count). The molecule has 1 heterocycles. The number of nitrogens with zero attached hydrogens (tertiary/aromatic N) is 1. The third kappa shape index (κ3) is 5.19. The van der Waals surface area contributed by atoms with E-state index >= 15 is 0 Å². The molecule has 262 valence electrons. The van der Waals surface area contributed by atoms with E-state index in [1.54, 1.807) is 0 Å². The zero-order valence-electron chi connectivity index (χ0n) is 30.6. The van der Waals surface area contributed by atoms with Crippen LogP contribution in [0.2, 0.25) is 0 Å². The van der Waals surface area contributed by atoms with Gasteiger partial charge in [0.1, 0.15) is 11.2 Å². The average molecular weight is 714 g/mol. The number of rotatable bonds is 6. The maximum atomic E-state index is 6.50. The number of hydrogen-bond donors (Lipinski definition) is 0. The van der Waals surface area contributed by atoms with Gasteiger partial charge in [0.2, 0.25) is 0 Å². The van der Waals surface area contributed by atoms with E-state index in [0.717, 1.165) is 55.7 Å². The van der Waals surface area contributed by atoms with Crippen LogP contribution in [0.15, 0.2) is 217 Å². The molecule has 0 fully saturated rings. The molecule has 0 bridgehead atoms. The molecular formula is C54H35NO. The Hall–Kier alpha value is -7.42. The Morgan fingerprint density at radius 1 is 0.268 bits per heavy atom. The van der Waals surface area contributed by atoms with Gasteiger partial charge in [-0.25, -0.2) is 0 Å². The van der Waals surface area contributed by atoms with Crippen molar-refractivity contribution in [3.63, 3.8) is 0 Å². The number of fused-ring (bicyclic) bond motifs is 7. The lowest BCUT2D eigenvalue weighted by molar-refractivity contribution is 0.669. The summed E-state index contributed by atoms with van der Waals surface area (Å²) in [7, 11) is 0. The zero-order valence-corrected chi connectivity index (χ0v) is 30.6. The fourth-order valence-electron chi connectivity index (χ4n) is 8.72. The number of anilines is 3. The minimum atomic E-state index is 0.861. The molecule has 0 aliphatic rings. The highest BCUT2D eigenvalue weighted by molar-refractivity contribution is 6.16. The molecular weight excluding hydrogens is 679 g/mol. The summed E-state index contributed by atoms with van der Waals surface area (Å²) >= 11 is 0. The SMILES string of the molecule is c1ccc(N(c2ccccc2-c2cccc3c2ccc2ccccc23)c2cccc3oc4ccccc4c23)c(-c2ccc(-c3cccc4ccccc34)cc2)c1. The molecule has 0 aliphatic heterocycles. The van der Waals surface area contributed by atoms with Crippen molar-refractivity contribution < 1.29 is 4.42 Å². The van der Waals surface area contributed by atoms with E-state index in [1.807, 2.05) is 6.07 Å². The summed E-state index contributed by atoms with van der Waals surface area (Å²) < 4.78 is 6.50. The Morgan fingerprint density at radius 3 is 1.59 bits per heavy atom. The van der Waals surface area contributed by atoms with Crippen LogP contribution in [0.4, 0.5) is 17.1 Å². The predicted molar refractivity (Wildman–Crippen MR) is 237 cm³/mol. The highest BCUT2D eigenvalue weighted by Crippen LogP contribution is 2.49. The Kier molecular flexibility index (Phi) is 7.53. The van der Waals surface area contributed by atoms with Crippen LogP contribution < -0.4 is 4.90 Å². The number of furan rings is 1. The largest absolute Gasteiger partial charge is 0.456 e. The van der Waals surface area contributed by atoms with Crippen molar-refractivity contribution in [1.29, 1.82) is 0 Å². The van der Waals surface area contributed by atoms with E-state index in [2.05, 4.69) is 211 Å². The molecule has 0 radical (unpaired) electrons. The summed E-state index contributed by atoms with van der Waals surface area (Å²) in [5.74, 6) is 0. The maximum Gasteiger partial charge on any atom is 0.137 e. The molecule has 10 aromatic carbocycles. The van der Waals surface area contributed by atoms with Crippen molar-refractivity contribution in [2.45, 2.75) is 0 Å². The predicted octanol–water partition coefficient (Wildman–Crippen LogP) is 15.5. The minimum Gasteiger partial charge on any atom is -0.456 e. The van der Waals surface area contributed by atoms with Gasteiger partial charge in [0.25, 0.3) is 0 Å². The summed E-state index contributed by atoms with van der Waals surface area (Å²) in [6.45, 7) is 0. The Balaban J connectivity index is 1.15. The van der Waals surface area contributed by atoms with Crippen LogP contribution in [0.1, 0.15) is 0 Å². The summed E-state index contributed by atoms with van der Waals surface area (Å²) in [6, 6.07) is 76.5. The highest BCUT2D eigenvalue weighted by Gasteiger charge is 2.24. The fraction of sp³-hybridized carbons (Fsp3) is 0. The second-order valence-electron chi connectivity index (χ2n) is 14.4. The van der Waals surface area contributed by atoms with Gasteiger partial charge in [-0.2, -0.15) is 0 Å². The third-order valence-corrected chi connectivity index (χ3v) is 11.3. The molecule has 0 N–H and O–H groups in total. The number of hydrogen-bond acceptors (Lipinski definition) is 2. The molecule has 11 aromatic rings. The monoisotopic (exact) mass is 713 g/mol. The molecule has 0 aliphatic carbocycles. The second kappa shape index (κ2) is 13.2. The van der Waals surface area contributed by atoms with E-state index in [0.29, 0.717) is 0 Å². The zero-order chi connectivity index (χ0) is 37.0. The van der Waals surface area contributed by atoms with Crippen molar-refractivity contribution in [3.05, 3.63) is 212 Å². The van der Waals surface area contributed by atoms with Crippen LogP contribution in [-0.4, -0.2) is 0 Å². The Morgan fingerprint density at radius 2 is 0.768 bits per heavy atom. The quantitative estimate of drug-likeness (QED) is 0.160. The molecule has 2 nitrogen and oxygen atoms in total. The van der Waals surface area contributed by atoms with Crippen LogP contribution in [0.3, 0.4) is 0 Å². The van der Waals surface area contributed by atoms with E-state index in [4.69, 9.17) is 4.42 Å². The first-order chi connectivity index (χ1) is 27.8. The highest BCUT2D eigenvalue weighted by atomic mass is 16.3. The van der Waals surface area contributed by atoms with Crippen molar-refractivity contribution >= 4 is 71.3 Å². The van der Waals surface area contributed by atoms with Crippen molar-refractivity contribution in [2.24, 2.45) is 0 Å². The molecule has 0 saturated carbocycles. The van der Waals surface area contributed by atoms with Crippen LogP contribution in [0, 0.1) is 0 Å². The summed E-state index contributed by atoms with van der Waals surface area (Å²) in [4.78, 5) is 2.45. The summed E-state index contributed by atoms with van der Waals surface area (Å²) in [5.41, 5.74) is 12.0. The lowest BCUT2D eigenvalue weighted by atomic mass is 9.92. The van der Waals surface area contributed by atoms with Gasteiger partial charge in [-0.3, -0.25) is 0 Å². The molecule has 0 atom stereocenters. The lowest BCUT2D eigenvalue weighted by Crippen LogP contribution is -2.13. The molecule has 0 saturated heterocycles. The van der Waals surface area contributed by atoms with E-state index in [9.17, 15) is 0 Å². The van der Waals surface area contributed by atoms with Gasteiger partial charge in [0, 0.05) is 16.5 Å². The van der Waals surface area contributed by atoms with Gasteiger partial charge in [-0.15, -0.1) is 0 Å². The fourth-order valence-corrected chi connectivity index (χ4v) is 8.72. The molecule has 2 heteroatoms. The maximum absolute atomic E-state index is 6.50. The van der Waals surface area contributed by atoms with Gasteiger partial charge in [0.05, 0.1) is 22.4 Å². The number of benzene rings is 10. The number of para-hydroxylation sites is 3. The standard InChI is InChI=1S/C54H35NO/c1-3-17-40-36(14-1)16-11-22-41(40)38-30-32-39(33-31-38)43-19-5-8-25-49(43)55(51-27-13-29-53-54(51)48-21-7-10-28-52(48)56-53)50-26-9-6-20-47(50)45-24-12-23-44-42-18-4-2-15-37(42)34-35-46(44)45/h1-35H. The molecule has 56 heavy (non-hydrogen) atoms. The summed E-state index contributed by atoms with van der Waals surface area (Å²) in [5, 5.41) is 9.65. The topological polar surface area (TPSA) is 16.4 Å². The second-order valence-corrected chi connectivity index (χ2v) is 14.4. The van der Waals surface area contributed by atoms with Crippen LogP contribution in [-0.2, 0) is 0 Å². The first kappa shape index (κ1) is 32.0. The minimum absolute atomic E-state index is 0.861. The van der Waals surface area contributed by atoms with Gasteiger partial charge >= 0.3 is 0 Å². The van der Waals surface area contributed by atoms with Gasteiger partial charge in [-0.05, 0) is 84.9 Å². The van der Waals surface area contributed by atoms with E-state index in [1.165, 1.54) is 49.0 Å². The van der Waals surface area contributed by atoms with E-state index < -0.39 is 0 Å². The smallest absolute Gasteiger partial charge is 0.137 e. The lowest BCUT2D eigenvalue weighted by Gasteiger charge is -2.30.